The SMILES string of the molecule is C=CCOc1c(Cl)cc(Cl)cc1/C=C1\C(=O)NC(=O)N(c2ccc(OCc3ccccc3)cc2)C1=O. The maximum atomic E-state index is 13.3. The second-order valence-electron chi connectivity index (χ2n) is 7.63. The van der Waals surface area contributed by atoms with Crippen molar-refractivity contribution in [1.82, 2.24) is 5.32 Å². The summed E-state index contributed by atoms with van der Waals surface area (Å²) >= 11 is 12.4. The number of rotatable bonds is 8. The van der Waals surface area contributed by atoms with Gasteiger partial charge in [-0.1, -0.05) is 66.2 Å². The molecule has 1 heterocycles. The van der Waals surface area contributed by atoms with Crippen molar-refractivity contribution in [3.63, 3.8) is 0 Å². The molecule has 182 valence electrons. The molecular formula is C27H20Cl2N2O5. The number of imide groups is 2. The number of nitrogens with one attached hydrogen (secondary N) is 1. The number of ether oxygens (including phenoxy) is 2. The minimum absolute atomic E-state index is 0.140. The third-order valence-corrected chi connectivity index (χ3v) is 5.63. The van der Waals surface area contributed by atoms with E-state index in [0.717, 1.165) is 10.5 Å². The van der Waals surface area contributed by atoms with E-state index in [-0.39, 0.29) is 33.7 Å². The van der Waals surface area contributed by atoms with Crippen molar-refractivity contribution in [3.05, 3.63) is 106 Å². The summed E-state index contributed by atoms with van der Waals surface area (Å²) in [6.07, 6.45) is 2.80. The lowest BCUT2D eigenvalue weighted by atomic mass is 10.1. The van der Waals surface area contributed by atoms with Gasteiger partial charge in [0.2, 0.25) is 0 Å². The minimum atomic E-state index is -0.868. The summed E-state index contributed by atoms with van der Waals surface area (Å²) in [6.45, 7) is 4.10. The Kier molecular flexibility index (Phi) is 7.73. The second kappa shape index (κ2) is 11.1. The smallest absolute Gasteiger partial charge is 0.335 e. The van der Waals surface area contributed by atoms with Gasteiger partial charge in [0, 0.05) is 10.6 Å². The van der Waals surface area contributed by atoms with E-state index in [4.69, 9.17) is 32.7 Å². The maximum Gasteiger partial charge on any atom is 0.335 e. The molecule has 3 aromatic carbocycles. The molecule has 4 rings (SSSR count). The molecule has 1 fully saturated rings. The van der Waals surface area contributed by atoms with E-state index < -0.39 is 17.8 Å². The van der Waals surface area contributed by atoms with Crippen LogP contribution in [0.5, 0.6) is 11.5 Å². The third kappa shape index (κ3) is 5.59. The second-order valence-corrected chi connectivity index (χ2v) is 8.48. The molecule has 0 radical (unpaired) electrons. The summed E-state index contributed by atoms with van der Waals surface area (Å²) in [5, 5.41) is 2.66. The fourth-order valence-corrected chi connectivity index (χ4v) is 4.03. The highest BCUT2D eigenvalue weighted by atomic mass is 35.5. The number of carbonyl (C=O) groups is 3. The average molecular weight is 523 g/mol. The average Bonchev–Trinajstić information content (AvgIpc) is 2.86. The molecule has 0 unspecified atom stereocenters. The van der Waals surface area contributed by atoms with Gasteiger partial charge in [0.05, 0.1) is 10.7 Å². The minimum Gasteiger partial charge on any atom is -0.489 e. The summed E-state index contributed by atoms with van der Waals surface area (Å²) < 4.78 is 11.4. The van der Waals surface area contributed by atoms with Gasteiger partial charge in [-0.05, 0) is 48.0 Å². The molecule has 0 spiro atoms. The van der Waals surface area contributed by atoms with Crippen LogP contribution in [-0.2, 0) is 16.2 Å². The summed E-state index contributed by atoms with van der Waals surface area (Å²) in [5.74, 6) is -0.892. The summed E-state index contributed by atoms with van der Waals surface area (Å²) in [7, 11) is 0. The van der Waals surface area contributed by atoms with Gasteiger partial charge in [0.1, 0.15) is 30.3 Å². The lowest BCUT2D eigenvalue weighted by Gasteiger charge is -2.26. The predicted octanol–water partition coefficient (Wildman–Crippen LogP) is 5.80. The molecule has 1 N–H and O–H groups in total. The summed E-state index contributed by atoms with van der Waals surface area (Å²) in [5.41, 5.74) is 1.26. The van der Waals surface area contributed by atoms with E-state index in [9.17, 15) is 14.4 Å². The number of halogens is 2. The molecule has 1 aliphatic rings. The van der Waals surface area contributed by atoms with Gasteiger partial charge in [-0.2, -0.15) is 0 Å². The van der Waals surface area contributed by atoms with Crippen LogP contribution < -0.4 is 19.7 Å². The van der Waals surface area contributed by atoms with Gasteiger partial charge in [0.25, 0.3) is 11.8 Å². The molecule has 0 saturated carbocycles. The Morgan fingerprint density at radius 1 is 0.944 bits per heavy atom. The largest absolute Gasteiger partial charge is 0.489 e. The molecule has 3 aromatic rings. The topological polar surface area (TPSA) is 84.9 Å². The van der Waals surface area contributed by atoms with Gasteiger partial charge >= 0.3 is 6.03 Å². The lowest BCUT2D eigenvalue weighted by Crippen LogP contribution is -2.54. The Balaban J connectivity index is 1.60. The molecule has 1 aliphatic heterocycles. The zero-order valence-electron chi connectivity index (χ0n) is 18.9. The van der Waals surface area contributed by atoms with Crippen LogP contribution in [0.4, 0.5) is 10.5 Å². The van der Waals surface area contributed by atoms with Gasteiger partial charge in [-0.3, -0.25) is 14.9 Å². The van der Waals surface area contributed by atoms with Gasteiger partial charge in [-0.25, -0.2) is 9.69 Å². The molecule has 0 atom stereocenters. The van der Waals surface area contributed by atoms with Crippen LogP contribution in [0.15, 0.2) is 85.0 Å². The number of anilines is 1. The van der Waals surface area contributed by atoms with Gasteiger partial charge in [0.15, 0.2) is 0 Å². The summed E-state index contributed by atoms with van der Waals surface area (Å²) in [4.78, 5) is 39.3. The highest BCUT2D eigenvalue weighted by Gasteiger charge is 2.37. The van der Waals surface area contributed by atoms with Crippen LogP contribution in [0.25, 0.3) is 6.08 Å². The molecule has 9 heteroatoms. The Bertz CT molecular complexity index is 1350. The molecule has 1 saturated heterocycles. The van der Waals surface area contributed by atoms with E-state index in [1.807, 2.05) is 30.3 Å². The van der Waals surface area contributed by atoms with Gasteiger partial charge in [-0.15, -0.1) is 0 Å². The number of benzene rings is 3. The van der Waals surface area contributed by atoms with E-state index in [1.54, 1.807) is 24.3 Å². The van der Waals surface area contributed by atoms with Crippen molar-refractivity contribution < 1.29 is 23.9 Å². The number of carbonyl (C=O) groups excluding carboxylic acids is 3. The zero-order valence-corrected chi connectivity index (χ0v) is 20.4. The normalized spacial score (nSPS) is 14.6. The highest BCUT2D eigenvalue weighted by Crippen LogP contribution is 2.35. The van der Waals surface area contributed by atoms with Crippen LogP contribution in [0.2, 0.25) is 10.0 Å². The number of urea groups is 1. The van der Waals surface area contributed by atoms with E-state index >= 15 is 0 Å². The molecule has 36 heavy (non-hydrogen) atoms. The first-order valence-electron chi connectivity index (χ1n) is 10.8. The van der Waals surface area contributed by atoms with Crippen LogP contribution in [-0.4, -0.2) is 24.5 Å². The standard InChI is InChI=1S/C27H20Cl2N2O5/c1-2-12-35-24-18(13-19(28)15-23(24)29)14-22-25(32)30-27(34)31(26(22)33)20-8-10-21(11-9-20)36-16-17-6-4-3-5-7-17/h2-11,13-15H,1,12,16H2,(H,30,32,34)/b22-14+. The Morgan fingerprint density at radius 3 is 2.36 bits per heavy atom. The number of hydrogen-bond donors (Lipinski definition) is 1. The van der Waals surface area contributed by atoms with Crippen LogP contribution >= 0.6 is 23.2 Å². The van der Waals surface area contributed by atoms with E-state index in [0.29, 0.717) is 17.9 Å². The van der Waals surface area contributed by atoms with Crippen LogP contribution in [0, 0.1) is 0 Å². The van der Waals surface area contributed by atoms with Crippen molar-refractivity contribution in [2.45, 2.75) is 6.61 Å². The number of hydrogen-bond acceptors (Lipinski definition) is 5. The van der Waals surface area contributed by atoms with Crippen LogP contribution in [0.1, 0.15) is 11.1 Å². The van der Waals surface area contributed by atoms with Crippen LogP contribution in [0.3, 0.4) is 0 Å². The third-order valence-electron chi connectivity index (χ3n) is 5.13. The Hall–Kier alpha value is -4.07. The monoisotopic (exact) mass is 522 g/mol. The van der Waals surface area contributed by atoms with E-state index in [1.165, 1.54) is 24.3 Å². The highest BCUT2D eigenvalue weighted by molar-refractivity contribution is 6.40. The molecule has 4 amide bonds. The van der Waals surface area contributed by atoms with Gasteiger partial charge < -0.3 is 9.47 Å². The van der Waals surface area contributed by atoms with Crippen molar-refractivity contribution in [3.8, 4) is 11.5 Å². The van der Waals surface area contributed by atoms with Crippen molar-refractivity contribution in [2.75, 3.05) is 11.5 Å². The molecule has 0 aromatic heterocycles. The Labute approximate surface area is 217 Å². The maximum absolute atomic E-state index is 13.3. The van der Waals surface area contributed by atoms with Crippen molar-refractivity contribution in [1.29, 1.82) is 0 Å². The fraction of sp³-hybridized carbons (Fsp3) is 0.0741. The van der Waals surface area contributed by atoms with Crippen molar-refractivity contribution in [2.24, 2.45) is 0 Å². The van der Waals surface area contributed by atoms with Crippen molar-refractivity contribution >= 4 is 52.8 Å². The number of nitrogens with zero attached hydrogens (tertiary/aromatic N) is 1. The van der Waals surface area contributed by atoms with E-state index in [2.05, 4.69) is 11.9 Å². The first-order chi connectivity index (χ1) is 17.4. The molecule has 0 bridgehead atoms. The number of amides is 4. The molecular weight excluding hydrogens is 503 g/mol. The quantitative estimate of drug-likeness (QED) is 0.229. The fourth-order valence-electron chi connectivity index (χ4n) is 3.46. The predicted molar refractivity (Wildman–Crippen MR) is 138 cm³/mol. The zero-order chi connectivity index (χ0) is 25.7. The number of barbiturate groups is 1. The first-order valence-corrected chi connectivity index (χ1v) is 11.5. The molecule has 7 nitrogen and oxygen atoms in total. The first kappa shape index (κ1) is 25.0. The molecule has 0 aliphatic carbocycles. The lowest BCUT2D eigenvalue weighted by molar-refractivity contribution is -0.122. The summed E-state index contributed by atoms with van der Waals surface area (Å²) in [6, 6.07) is 18.1. The Morgan fingerprint density at radius 2 is 1.67 bits per heavy atom.